The van der Waals surface area contributed by atoms with E-state index < -0.39 is 17.7 Å². The Morgan fingerprint density at radius 3 is 2.45 bits per heavy atom. The zero-order chi connectivity index (χ0) is 14.9. The highest BCUT2D eigenvalue weighted by Gasteiger charge is 2.19. The summed E-state index contributed by atoms with van der Waals surface area (Å²) in [6.07, 6.45) is 0. The van der Waals surface area contributed by atoms with E-state index in [1.165, 1.54) is 13.2 Å². The SMILES string of the molecule is COc1ccc(Br)cc1C(N)c1cc(C)c(F)cc1F. The maximum absolute atomic E-state index is 13.9. The lowest BCUT2D eigenvalue weighted by molar-refractivity contribution is 0.407. The lowest BCUT2D eigenvalue weighted by Crippen LogP contribution is -2.15. The van der Waals surface area contributed by atoms with E-state index in [4.69, 9.17) is 10.5 Å². The minimum absolute atomic E-state index is 0.236. The number of ether oxygens (including phenoxy) is 1. The molecule has 0 saturated heterocycles. The van der Waals surface area contributed by atoms with Crippen LogP contribution in [0.5, 0.6) is 5.75 Å². The molecule has 0 radical (unpaired) electrons. The molecular weight excluding hydrogens is 328 g/mol. The van der Waals surface area contributed by atoms with Gasteiger partial charge >= 0.3 is 0 Å². The van der Waals surface area contributed by atoms with Gasteiger partial charge in [-0.25, -0.2) is 8.78 Å². The van der Waals surface area contributed by atoms with Crippen molar-refractivity contribution in [2.75, 3.05) is 7.11 Å². The van der Waals surface area contributed by atoms with Crippen LogP contribution in [0.15, 0.2) is 34.8 Å². The topological polar surface area (TPSA) is 35.2 Å². The first-order chi connectivity index (χ1) is 9.43. The lowest BCUT2D eigenvalue weighted by atomic mass is 9.96. The van der Waals surface area contributed by atoms with Gasteiger partial charge in [-0.05, 0) is 36.8 Å². The van der Waals surface area contributed by atoms with Crippen molar-refractivity contribution in [1.82, 2.24) is 0 Å². The first kappa shape index (κ1) is 14.9. The van der Waals surface area contributed by atoms with Gasteiger partial charge in [0.1, 0.15) is 17.4 Å². The Morgan fingerprint density at radius 2 is 1.80 bits per heavy atom. The van der Waals surface area contributed by atoms with E-state index in [2.05, 4.69) is 15.9 Å². The van der Waals surface area contributed by atoms with Gasteiger partial charge in [-0.1, -0.05) is 15.9 Å². The first-order valence-corrected chi connectivity index (χ1v) is 6.78. The van der Waals surface area contributed by atoms with Crippen LogP contribution in [-0.4, -0.2) is 7.11 Å². The second kappa shape index (κ2) is 5.89. The Kier molecular flexibility index (Phi) is 4.40. The highest BCUT2D eigenvalue weighted by Crippen LogP contribution is 2.32. The third-order valence-electron chi connectivity index (χ3n) is 3.14. The van der Waals surface area contributed by atoms with Gasteiger partial charge in [0.15, 0.2) is 0 Å². The molecule has 0 aliphatic rings. The molecule has 0 heterocycles. The van der Waals surface area contributed by atoms with Crippen LogP contribution in [-0.2, 0) is 0 Å². The van der Waals surface area contributed by atoms with Crippen molar-refractivity contribution in [2.24, 2.45) is 5.73 Å². The van der Waals surface area contributed by atoms with Gasteiger partial charge < -0.3 is 10.5 Å². The summed E-state index contributed by atoms with van der Waals surface area (Å²) in [7, 11) is 1.52. The molecule has 2 aromatic rings. The van der Waals surface area contributed by atoms with Crippen LogP contribution in [0.2, 0.25) is 0 Å². The fourth-order valence-electron chi connectivity index (χ4n) is 2.03. The third kappa shape index (κ3) is 2.83. The molecule has 1 unspecified atom stereocenters. The number of benzene rings is 2. The molecule has 2 rings (SSSR count). The largest absolute Gasteiger partial charge is 0.496 e. The Bertz CT molecular complexity index is 646. The first-order valence-electron chi connectivity index (χ1n) is 5.98. The number of methoxy groups -OCH3 is 1. The second-order valence-electron chi connectivity index (χ2n) is 4.49. The number of hydrogen-bond donors (Lipinski definition) is 1. The van der Waals surface area contributed by atoms with Gasteiger partial charge in [0.2, 0.25) is 0 Å². The predicted octanol–water partition coefficient (Wildman–Crippen LogP) is 4.09. The smallest absolute Gasteiger partial charge is 0.131 e. The summed E-state index contributed by atoms with van der Waals surface area (Å²) in [6, 6.07) is 6.86. The minimum atomic E-state index is -0.734. The van der Waals surface area contributed by atoms with E-state index >= 15 is 0 Å². The zero-order valence-corrected chi connectivity index (χ0v) is 12.7. The summed E-state index contributed by atoms with van der Waals surface area (Å²) in [5.41, 5.74) is 7.34. The van der Waals surface area contributed by atoms with Crippen LogP contribution in [0.25, 0.3) is 0 Å². The average molecular weight is 342 g/mol. The predicted molar refractivity (Wildman–Crippen MR) is 77.8 cm³/mol. The molecule has 0 saturated carbocycles. The number of halogens is 3. The van der Waals surface area contributed by atoms with E-state index in [1.807, 2.05) is 0 Å². The Morgan fingerprint density at radius 1 is 1.10 bits per heavy atom. The van der Waals surface area contributed by atoms with Crippen molar-refractivity contribution in [2.45, 2.75) is 13.0 Å². The van der Waals surface area contributed by atoms with E-state index in [0.717, 1.165) is 10.5 Å². The Balaban J connectivity index is 2.54. The summed E-state index contributed by atoms with van der Waals surface area (Å²) < 4.78 is 33.3. The summed E-state index contributed by atoms with van der Waals surface area (Å²) in [5, 5.41) is 0. The van der Waals surface area contributed by atoms with Crippen LogP contribution in [0.3, 0.4) is 0 Å². The summed E-state index contributed by atoms with van der Waals surface area (Å²) in [5.74, 6) is -0.690. The monoisotopic (exact) mass is 341 g/mol. The van der Waals surface area contributed by atoms with Gasteiger partial charge in [0, 0.05) is 21.7 Å². The van der Waals surface area contributed by atoms with Gasteiger partial charge in [-0.15, -0.1) is 0 Å². The van der Waals surface area contributed by atoms with E-state index in [-0.39, 0.29) is 5.56 Å². The molecule has 0 bridgehead atoms. The molecule has 2 N–H and O–H groups in total. The number of aryl methyl sites for hydroxylation is 1. The molecule has 0 spiro atoms. The summed E-state index contributed by atoms with van der Waals surface area (Å²) >= 11 is 3.35. The molecule has 0 fully saturated rings. The van der Waals surface area contributed by atoms with Crippen LogP contribution in [0.1, 0.15) is 22.7 Å². The fraction of sp³-hybridized carbons (Fsp3) is 0.200. The molecule has 0 aliphatic carbocycles. The second-order valence-corrected chi connectivity index (χ2v) is 5.40. The molecule has 2 aromatic carbocycles. The minimum Gasteiger partial charge on any atom is -0.496 e. The molecular formula is C15H14BrF2NO. The molecule has 0 amide bonds. The zero-order valence-electron chi connectivity index (χ0n) is 11.1. The maximum atomic E-state index is 13.9. The molecule has 0 aliphatic heterocycles. The summed E-state index contributed by atoms with van der Waals surface area (Å²) in [4.78, 5) is 0. The highest BCUT2D eigenvalue weighted by atomic mass is 79.9. The van der Waals surface area contributed by atoms with Crippen LogP contribution in [0.4, 0.5) is 8.78 Å². The van der Waals surface area contributed by atoms with Crippen molar-refractivity contribution in [1.29, 1.82) is 0 Å². The third-order valence-corrected chi connectivity index (χ3v) is 3.63. The van der Waals surface area contributed by atoms with Crippen molar-refractivity contribution in [3.05, 3.63) is 63.1 Å². The fourth-order valence-corrected chi connectivity index (χ4v) is 2.41. The maximum Gasteiger partial charge on any atom is 0.131 e. The Hall–Kier alpha value is -1.46. The van der Waals surface area contributed by atoms with Crippen LogP contribution in [0, 0.1) is 18.6 Å². The molecule has 2 nitrogen and oxygen atoms in total. The van der Waals surface area contributed by atoms with Crippen LogP contribution >= 0.6 is 15.9 Å². The molecule has 20 heavy (non-hydrogen) atoms. The van der Waals surface area contributed by atoms with Crippen molar-refractivity contribution in [3.63, 3.8) is 0 Å². The normalized spacial score (nSPS) is 12.3. The van der Waals surface area contributed by atoms with E-state index in [9.17, 15) is 8.78 Å². The van der Waals surface area contributed by atoms with E-state index in [0.29, 0.717) is 16.9 Å². The van der Waals surface area contributed by atoms with Gasteiger partial charge in [0.25, 0.3) is 0 Å². The molecule has 5 heteroatoms. The van der Waals surface area contributed by atoms with Gasteiger partial charge in [-0.3, -0.25) is 0 Å². The number of hydrogen-bond acceptors (Lipinski definition) is 2. The number of rotatable bonds is 3. The molecule has 106 valence electrons. The van der Waals surface area contributed by atoms with Crippen LogP contribution < -0.4 is 10.5 Å². The van der Waals surface area contributed by atoms with Crippen molar-refractivity contribution >= 4 is 15.9 Å². The van der Waals surface area contributed by atoms with E-state index in [1.54, 1.807) is 25.1 Å². The van der Waals surface area contributed by atoms with Crippen molar-refractivity contribution in [3.8, 4) is 5.75 Å². The van der Waals surface area contributed by atoms with Gasteiger partial charge in [0.05, 0.1) is 13.2 Å². The molecule has 0 aromatic heterocycles. The quantitative estimate of drug-likeness (QED) is 0.912. The van der Waals surface area contributed by atoms with Gasteiger partial charge in [-0.2, -0.15) is 0 Å². The average Bonchev–Trinajstić information content (AvgIpc) is 2.42. The summed E-state index contributed by atoms with van der Waals surface area (Å²) in [6.45, 7) is 1.57. The Labute approximate surface area is 124 Å². The van der Waals surface area contributed by atoms with Crippen molar-refractivity contribution < 1.29 is 13.5 Å². The highest BCUT2D eigenvalue weighted by molar-refractivity contribution is 9.10. The standard InChI is InChI=1S/C15H14BrF2NO/c1-8-5-10(13(18)7-12(8)17)15(19)11-6-9(16)3-4-14(11)20-2/h3-7,15H,19H2,1-2H3. The molecule has 1 atom stereocenters. The lowest BCUT2D eigenvalue weighted by Gasteiger charge is -2.18. The number of nitrogens with two attached hydrogens (primary N) is 1.